The Hall–Kier alpha value is -2.87. The molecule has 27 heavy (non-hydrogen) atoms. The Morgan fingerprint density at radius 3 is 2.44 bits per heavy atom. The van der Waals surface area contributed by atoms with Gasteiger partial charge < -0.3 is 10.4 Å². The summed E-state index contributed by atoms with van der Waals surface area (Å²) < 4.78 is 25.8. The van der Waals surface area contributed by atoms with Crippen molar-refractivity contribution in [1.29, 1.82) is 0 Å². The van der Waals surface area contributed by atoms with E-state index in [1.807, 2.05) is 0 Å². The number of aryl methyl sites for hydroxylation is 2. The van der Waals surface area contributed by atoms with Gasteiger partial charge in [-0.2, -0.15) is 0 Å². The molecule has 0 aliphatic carbocycles. The molecule has 3 N–H and O–H groups in total. The van der Waals surface area contributed by atoms with Crippen LogP contribution in [0.25, 0.3) is 0 Å². The third-order valence-electron chi connectivity index (χ3n) is 4.02. The van der Waals surface area contributed by atoms with Crippen LogP contribution in [-0.2, 0) is 21.2 Å². The molecule has 0 saturated carbocycles. The van der Waals surface area contributed by atoms with Crippen LogP contribution in [0.3, 0.4) is 0 Å². The van der Waals surface area contributed by atoms with Gasteiger partial charge >= 0.3 is 5.97 Å². The summed E-state index contributed by atoms with van der Waals surface area (Å²) in [6, 6.07) is 11.5. The topological polar surface area (TPSA) is 113 Å². The Morgan fingerprint density at radius 2 is 1.81 bits per heavy atom. The molecule has 0 fully saturated rings. The lowest BCUT2D eigenvalue weighted by molar-refractivity contribution is -0.116. The number of carboxylic acid groups (broad SMARTS) is 1. The van der Waals surface area contributed by atoms with E-state index in [1.54, 1.807) is 50.2 Å². The first kappa shape index (κ1) is 20.4. The first-order valence-corrected chi connectivity index (χ1v) is 10.1. The highest BCUT2D eigenvalue weighted by atomic mass is 32.2. The number of amides is 1. The van der Waals surface area contributed by atoms with Crippen molar-refractivity contribution in [3.05, 3.63) is 59.2 Å². The van der Waals surface area contributed by atoms with E-state index in [-0.39, 0.29) is 23.6 Å². The number of aromatic carboxylic acids is 1. The second-order valence-corrected chi connectivity index (χ2v) is 8.06. The van der Waals surface area contributed by atoms with Gasteiger partial charge in [0.05, 0.1) is 17.0 Å². The minimum Gasteiger partial charge on any atom is -0.478 e. The van der Waals surface area contributed by atoms with Crippen LogP contribution in [0.4, 0.5) is 11.4 Å². The van der Waals surface area contributed by atoms with Crippen LogP contribution in [0.2, 0.25) is 0 Å². The number of sulfonamides is 1. The summed E-state index contributed by atoms with van der Waals surface area (Å²) in [4.78, 5) is 23.4. The van der Waals surface area contributed by atoms with Gasteiger partial charge in [-0.3, -0.25) is 9.52 Å². The zero-order chi connectivity index (χ0) is 20.0. The molecule has 0 aliphatic heterocycles. The Bertz CT molecular complexity index is 954. The molecule has 2 rings (SSSR count). The van der Waals surface area contributed by atoms with Gasteiger partial charge in [0.2, 0.25) is 15.9 Å². The summed E-state index contributed by atoms with van der Waals surface area (Å²) in [7, 11) is -3.37. The summed E-state index contributed by atoms with van der Waals surface area (Å²) in [5.41, 5.74) is 2.48. The van der Waals surface area contributed by atoms with E-state index in [0.717, 1.165) is 0 Å². The average molecular weight is 390 g/mol. The monoisotopic (exact) mass is 390 g/mol. The van der Waals surface area contributed by atoms with E-state index >= 15 is 0 Å². The third kappa shape index (κ3) is 5.82. The highest BCUT2D eigenvalue weighted by Gasteiger charge is 2.12. The van der Waals surface area contributed by atoms with Crippen molar-refractivity contribution in [1.82, 2.24) is 0 Å². The lowest BCUT2D eigenvalue weighted by atomic mass is 10.0. The normalized spacial score (nSPS) is 11.0. The van der Waals surface area contributed by atoms with Gasteiger partial charge in [0, 0.05) is 12.1 Å². The van der Waals surface area contributed by atoms with Gasteiger partial charge in [0.15, 0.2) is 0 Å². The molecular formula is C19H22N2O5S. The number of hydrogen-bond acceptors (Lipinski definition) is 4. The summed E-state index contributed by atoms with van der Waals surface area (Å²) >= 11 is 0. The molecule has 0 bridgehead atoms. The fraction of sp³-hybridized carbons (Fsp3) is 0.263. The second kappa shape index (κ2) is 8.68. The number of carboxylic acids is 1. The van der Waals surface area contributed by atoms with E-state index in [2.05, 4.69) is 10.0 Å². The molecule has 0 aliphatic rings. The van der Waals surface area contributed by atoms with Crippen molar-refractivity contribution in [3.8, 4) is 0 Å². The van der Waals surface area contributed by atoms with Crippen molar-refractivity contribution in [3.63, 3.8) is 0 Å². The molecule has 144 valence electrons. The lowest BCUT2D eigenvalue weighted by Gasteiger charge is -2.12. The van der Waals surface area contributed by atoms with E-state index in [0.29, 0.717) is 28.9 Å². The summed E-state index contributed by atoms with van der Waals surface area (Å²) in [5, 5.41) is 11.9. The van der Waals surface area contributed by atoms with Crippen molar-refractivity contribution in [2.75, 3.05) is 15.8 Å². The highest BCUT2D eigenvalue weighted by Crippen LogP contribution is 2.21. The predicted molar refractivity (Wildman–Crippen MR) is 105 cm³/mol. The van der Waals surface area contributed by atoms with Crippen LogP contribution in [-0.4, -0.2) is 31.2 Å². The maximum Gasteiger partial charge on any atom is 0.335 e. The quantitative estimate of drug-likeness (QED) is 0.641. The fourth-order valence-corrected chi connectivity index (χ4v) is 3.22. The number of carbonyl (C=O) groups is 2. The standard InChI is InChI=1S/C19H22N2O5S/c1-3-27(25,26)21-17-10-9-15(12-13(17)2)20-18(22)11-8-14-6-4-5-7-16(14)19(23)24/h4-7,9-10,12,21H,3,8,11H2,1-2H3,(H,20,22)(H,23,24). The molecule has 0 radical (unpaired) electrons. The first-order chi connectivity index (χ1) is 12.7. The molecular weight excluding hydrogens is 368 g/mol. The molecule has 0 spiro atoms. The lowest BCUT2D eigenvalue weighted by Crippen LogP contribution is -2.16. The van der Waals surface area contributed by atoms with Crippen molar-refractivity contribution >= 4 is 33.3 Å². The van der Waals surface area contributed by atoms with Gasteiger partial charge in [0.25, 0.3) is 0 Å². The van der Waals surface area contributed by atoms with Crippen LogP contribution in [0.5, 0.6) is 0 Å². The summed E-state index contributed by atoms with van der Waals surface area (Å²) in [5.74, 6) is -1.30. The second-order valence-electron chi connectivity index (χ2n) is 6.05. The van der Waals surface area contributed by atoms with E-state index in [4.69, 9.17) is 0 Å². The van der Waals surface area contributed by atoms with Gasteiger partial charge in [0.1, 0.15) is 0 Å². The number of nitrogens with one attached hydrogen (secondary N) is 2. The fourth-order valence-electron chi connectivity index (χ4n) is 2.51. The van der Waals surface area contributed by atoms with Crippen LogP contribution in [0.15, 0.2) is 42.5 Å². The Morgan fingerprint density at radius 1 is 1.11 bits per heavy atom. The predicted octanol–water partition coefficient (Wildman–Crippen LogP) is 3.03. The number of carbonyl (C=O) groups excluding carboxylic acids is 1. The molecule has 7 nitrogen and oxygen atoms in total. The molecule has 0 unspecified atom stereocenters. The minimum absolute atomic E-state index is 0.0251. The smallest absolute Gasteiger partial charge is 0.335 e. The number of rotatable bonds is 8. The number of anilines is 2. The summed E-state index contributed by atoms with van der Waals surface area (Å²) in [6.45, 7) is 3.29. The van der Waals surface area contributed by atoms with Gasteiger partial charge in [-0.15, -0.1) is 0 Å². The molecule has 2 aromatic rings. The van der Waals surface area contributed by atoms with Crippen LogP contribution < -0.4 is 10.0 Å². The molecule has 1 amide bonds. The third-order valence-corrected chi connectivity index (χ3v) is 5.32. The Labute approximate surface area is 158 Å². The maximum atomic E-state index is 12.2. The molecule has 0 atom stereocenters. The molecule has 0 heterocycles. The molecule has 8 heteroatoms. The van der Waals surface area contributed by atoms with Crippen LogP contribution in [0.1, 0.15) is 34.8 Å². The van der Waals surface area contributed by atoms with E-state index in [9.17, 15) is 23.1 Å². The Kier molecular flexibility index (Phi) is 6.57. The maximum absolute atomic E-state index is 12.2. The average Bonchev–Trinajstić information content (AvgIpc) is 2.62. The van der Waals surface area contributed by atoms with Crippen molar-refractivity contribution in [2.45, 2.75) is 26.7 Å². The first-order valence-electron chi connectivity index (χ1n) is 8.44. The van der Waals surface area contributed by atoms with Gasteiger partial charge in [-0.25, -0.2) is 13.2 Å². The van der Waals surface area contributed by atoms with E-state index < -0.39 is 16.0 Å². The van der Waals surface area contributed by atoms with Crippen molar-refractivity contribution < 1.29 is 23.1 Å². The highest BCUT2D eigenvalue weighted by molar-refractivity contribution is 7.92. The Balaban J connectivity index is 2.00. The van der Waals surface area contributed by atoms with Gasteiger partial charge in [-0.05, 0) is 55.7 Å². The SMILES string of the molecule is CCS(=O)(=O)Nc1ccc(NC(=O)CCc2ccccc2C(=O)O)cc1C. The zero-order valence-corrected chi connectivity index (χ0v) is 16.0. The molecule has 0 saturated heterocycles. The number of benzene rings is 2. The van der Waals surface area contributed by atoms with Crippen LogP contribution in [0, 0.1) is 6.92 Å². The van der Waals surface area contributed by atoms with Crippen LogP contribution >= 0.6 is 0 Å². The van der Waals surface area contributed by atoms with Crippen molar-refractivity contribution in [2.24, 2.45) is 0 Å². The van der Waals surface area contributed by atoms with Gasteiger partial charge in [-0.1, -0.05) is 18.2 Å². The molecule has 2 aromatic carbocycles. The van der Waals surface area contributed by atoms with E-state index in [1.165, 1.54) is 6.07 Å². The minimum atomic E-state index is -3.37. The zero-order valence-electron chi connectivity index (χ0n) is 15.2. The largest absolute Gasteiger partial charge is 0.478 e. The summed E-state index contributed by atoms with van der Waals surface area (Å²) in [6.07, 6.45) is 0.440. The molecule has 0 aromatic heterocycles. The number of hydrogen-bond donors (Lipinski definition) is 3.